The minimum absolute atomic E-state index is 0.130. The molecule has 136 valence electrons. The van der Waals surface area contributed by atoms with Gasteiger partial charge in [0.15, 0.2) is 0 Å². The van der Waals surface area contributed by atoms with Crippen LogP contribution in [0.1, 0.15) is 22.5 Å². The molecular formula is C21H24FN3O. The van der Waals surface area contributed by atoms with Crippen molar-refractivity contribution in [3.05, 3.63) is 58.7 Å². The second-order valence-electron chi connectivity index (χ2n) is 7.02. The largest absolute Gasteiger partial charge is 0.378 e. The van der Waals surface area contributed by atoms with Crippen LogP contribution in [0.25, 0.3) is 11.0 Å². The number of anilines is 1. The van der Waals surface area contributed by atoms with Gasteiger partial charge in [0.05, 0.1) is 30.8 Å². The number of rotatable bonds is 3. The van der Waals surface area contributed by atoms with Crippen LogP contribution in [0, 0.1) is 26.6 Å². The van der Waals surface area contributed by atoms with E-state index in [9.17, 15) is 4.39 Å². The van der Waals surface area contributed by atoms with Gasteiger partial charge in [0.2, 0.25) is 0 Å². The lowest BCUT2D eigenvalue weighted by molar-refractivity contribution is 0.122. The zero-order valence-corrected chi connectivity index (χ0v) is 15.6. The first-order valence-electron chi connectivity index (χ1n) is 9.09. The van der Waals surface area contributed by atoms with Crippen molar-refractivity contribution in [1.82, 2.24) is 9.55 Å². The third kappa shape index (κ3) is 2.97. The molecule has 2 heterocycles. The molecule has 1 aliphatic heterocycles. The van der Waals surface area contributed by atoms with Gasteiger partial charge in [0.1, 0.15) is 11.6 Å². The minimum Gasteiger partial charge on any atom is -0.378 e. The fraction of sp³-hybridized carbons (Fsp3) is 0.381. The third-order valence-corrected chi connectivity index (χ3v) is 5.20. The number of imidazole rings is 1. The summed E-state index contributed by atoms with van der Waals surface area (Å²) in [7, 11) is 0. The summed E-state index contributed by atoms with van der Waals surface area (Å²) in [6.07, 6.45) is 0. The number of nitrogens with zero attached hydrogens (tertiary/aromatic N) is 3. The van der Waals surface area contributed by atoms with Gasteiger partial charge < -0.3 is 14.2 Å². The van der Waals surface area contributed by atoms with Crippen molar-refractivity contribution in [1.29, 1.82) is 0 Å². The van der Waals surface area contributed by atoms with Gasteiger partial charge in [-0.15, -0.1) is 0 Å². The molecule has 0 amide bonds. The maximum atomic E-state index is 14.5. The summed E-state index contributed by atoms with van der Waals surface area (Å²) in [4.78, 5) is 7.09. The zero-order valence-electron chi connectivity index (χ0n) is 15.6. The first-order valence-corrected chi connectivity index (χ1v) is 9.09. The average molecular weight is 353 g/mol. The van der Waals surface area contributed by atoms with Crippen LogP contribution in [0.5, 0.6) is 0 Å². The van der Waals surface area contributed by atoms with Crippen LogP contribution in [0.2, 0.25) is 0 Å². The molecule has 4 nitrogen and oxygen atoms in total. The minimum atomic E-state index is -0.130. The van der Waals surface area contributed by atoms with E-state index in [2.05, 4.69) is 28.5 Å². The summed E-state index contributed by atoms with van der Waals surface area (Å²) in [5, 5.41) is 0. The second-order valence-corrected chi connectivity index (χ2v) is 7.02. The van der Waals surface area contributed by atoms with Gasteiger partial charge in [0.25, 0.3) is 0 Å². The Kier molecular flexibility index (Phi) is 4.41. The van der Waals surface area contributed by atoms with Gasteiger partial charge in [-0.3, -0.25) is 0 Å². The zero-order chi connectivity index (χ0) is 18.3. The fourth-order valence-electron chi connectivity index (χ4n) is 3.69. The van der Waals surface area contributed by atoms with E-state index in [0.29, 0.717) is 17.7 Å². The first kappa shape index (κ1) is 17.0. The van der Waals surface area contributed by atoms with Crippen LogP contribution in [0.3, 0.4) is 0 Å². The van der Waals surface area contributed by atoms with Crippen LogP contribution in [0.4, 0.5) is 10.1 Å². The van der Waals surface area contributed by atoms with Crippen molar-refractivity contribution in [2.45, 2.75) is 27.3 Å². The Morgan fingerprint density at radius 1 is 1.08 bits per heavy atom. The van der Waals surface area contributed by atoms with Crippen molar-refractivity contribution in [2.24, 2.45) is 0 Å². The van der Waals surface area contributed by atoms with E-state index in [4.69, 9.17) is 9.72 Å². The molecule has 0 unspecified atom stereocenters. The van der Waals surface area contributed by atoms with Gasteiger partial charge in [-0.2, -0.15) is 0 Å². The number of morpholine rings is 1. The molecule has 1 aliphatic rings. The van der Waals surface area contributed by atoms with E-state index in [1.54, 1.807) is 13.0 Å². The number of aryl methyl sites for hydroxylation is 3. The Labute approximate surface area is 153 Å². The molecule has 0 spiro atoms. The normalized spacial score (nSPS) is 15.0. The van der Waals surface area contributed by atoms with E-state index in [0.717, 1.165) is 48.7 Å². The predicted octanol–water partition coefficient (Wildman–Crippen LogP) is 3.99. The molecule has 0 saturated carbocycles. The Balaban J connectivity index is 1.80. The predicted molar refractivity (Wildman–Crippen MR) is 102 cm³/mol. The standard InChI is InChI=1S/C21H24FN3O/c1-14-5-4-6-17(20(14)22)13-25-16(3)23-21-15(2)11-18(12-19(21)25)24-7-9-26-10-8-24/h4-6,11-12H,7-10,13H2,1-3H3. The van der Waals surface area contributed by atoms with Gasteiger partial charge in [-0.25, -0.2) is 9.37 Å². The van der Waals surface area contributed by atoms with Crippen molar-refractivity contribution in [3.8, 4) is 0 Å². The van der Waals surface area contributed by atoms with Crippen LogP contribution >= 0.6 is 0 Å². The van der Waals surface area contributed by atoms with E-state index in [1.807, 2.05) is 19.1 Å². The summed E-state index contributed by atoms with van der Waals surface area (Å²) < 4.78 is 22.1. The molecule has 4 rings (SSSR count). The van der Waals surface area contributed by atoms with Crippen LogP contribution in [-0.4, -0.2) is 35.9 Å². The van der Waals surface area contributed by atoms with E-state index >= 15 is 0 Å². The highest BCUT2D eigenvalue weighted by Crippen LogP contribution is 2.28. The number of hydrogen-bond donors (Lipinski definition) is 0. The smallest absolute Gasteiger partial charge is 0.131 e. The van der Waals surface area contributed by atoms with Gasteiger partial charge >= 0.3 is 0 Å². The Bertz CT molecular complexity index is 958. The van der Waals surface area contributed by atoms with Gasteiger partial charge in [0, 0.05) is 24.3 Å². The van der Waals surface area contributed by atoms with Crippen molar-refractivity contribution in [3.63, 3.8) is 0 Å². The third-order valence-electron chi connectivity index (χ3n) is 5.20. The van der Waals surface area contributed by atoms with Gasteiger partial charge in [-0.1, -0.05) is 18.2 Å². The number of ether oxygens (including phenoxy) is 1. The monoisotopic (exact) mass is 353 g/mol. The summed E-state index contributed by atoms with van der Waals surface area (Å²) in [5.41, 5.74) is 5.76. The lowest BCUT2D eigenvalue weighted by Gasteiger charge is -2.29. The number of halogens is 1. The number of aromatic nitrogens is 2. The van der Waals surface area contributed by atoms with E-state index in [-0.39, 0.29) is 5.82 Å². The summed E-state index contributed by atoms with van der Waals surface area (Å²) >= 11 is 0. The molecule has 0 aliphatic carbocycles. The Morgan fingerprint density at radius 3 is 2.62 bits per heavy atom. The lowest BCUT2D eigenvalue weighted by atomic mass is 10.1. The molecular weight excluding hydrogens is 329 g/mol. The highest BCUT2D eigenvalue weighted by molar-refractivity contribution is 5.84. The van der Waals surface area contributed by atoms with E-state index in [1.165, 1.54) is 5.69 Å². The van der Waals surface area contributed by atoms with Gasteiger partial charge in [-0.05, 0) is 44.0 Å². The van der Waals surface area contributed by atoms with Crippen molar-refractivity contribution >= 4 is 16.7 Å². The topological polar surface area (TPSA) is 30.3 Å². The molecule has 0 N–H and O–H groups in total. The molecule has 26 heavy (non-hydrogen) atoms. The molecule has 3 aromatic rings. The fourth-order valence-corrected chi connectivity index (χ4v) is 3.69. The molecule has 2 aromatic carbocycles. The quantitative estimate of drug-likeness (QED) is 0.713. The first-order chi connectivity index (χ1) is 12.5. The molecule has 5 heteroatoms. The van der Waals surface area contributed by atoms with Crippen LogP contribution in [0.15, 0.2) is 30.3 Å². The molecule has 0 atom stereocenters. The number of fused-ring (bicyclic) bond motifs is 1. The molecule has 1 saturated heterocycles. The molecule has 1 aromatic heterocycles. The summed E-state index contributed by atoms with van der Waals surface area (Å²) in [6.45, 7) is 9.67. The average Bonchev–Trinajstić information content (AvgIpc) is 2.96. The maximum Gasteiger partial charge on any atom is 0.131 e. The SMILES string of the molecule is Cc1cccc(Cn2c(C)nc3c(C)cc(N4CCOCC4)cc32)c1F. The van der Waals surface area contributed by atoms with Crippen molar-refractivity contribution in [2.75, 3.05) is 31.2 Å². The van der Waals surface area contributed by atoms with Crippen molar-refractivity contribution < 1.29 is 9.13 Å². The highest BCUT2D eigenvalue weighted by atomic mass is 19.1. The lowest BCUT2D eigenvalue weighted by Crippen LogP contribution is -2.36. The number of hydrogen-bond acceptors (Lipinski definition) is 3. The summed E-state index contributed by atoms with van der Waals surface area (Å²) in [6, 6.07) is 9.94. The molecule has 1 fully saturated rings. The van der Waals surface area contributed by atoms with Crippen LogP contribution < -0.4 is 4.90 Å². The Hall–Kier alpha value is -2.40. The van der Waals surface area contributed by atoms with Crippen LogP contribution in [-0.2, 0) is 11.3 Å². The summed E-state index contributed by atoms with van der Waals surface area (Å²) in [5.74, 6) is 0.776. The number of benzene rings is 2. The highest BCUT2D eigenvalue weighted by Gasteiger charge is 2.17. The Morgan fingerprint density at radius 2 is 1.85 bits per heavy atom. The second kappa shape index (κ2) is 6.72. The molecule has 0 bridgehead atoms. The van der Waals surface area contributed by atoms with E-state index < -0.39 is 0 Å². The maximum absolute atomic E-state index is 14.5. The molecule has 0 radical (unpaired) electrons.